The van der Waals surface area contributed by atoms with Crippen molar-refractivity contribution in [2.75, 3.05) is 20.8 Å². The molecule has 7 nitrogen and oxygen atoms in total. The third kappa shape index (κ3) is 4.75. The van der Waals surface area contributed by atoms with E-state index in [2.05, 4.69) is 15.6 Å². The molecule has 1 atom stereocenters. The smallest absolute Gasteiger partial charge is 0.321 e. The van der Waals surface area contributed by atoms with E-state index in [1.165, 1.54) is 18.8 Å². The van der Waals surface area contributed by atoms with Gasteiger partial charge in [-0.1, -0.05) is 11.8 Å². The van der Waals surface area contributed by atoms with Crippen LogP contribution < -0.4 is 10.6 Å². The van der Waals surface area contributed by atoms with Gasteiger partial charge in [0.25, 0.3) is 0 Å². The Kier molecular flexibility index (Phi) is 6.70. The van der Waals surface area contributed by atoms with E-state index in [9.17, 15) is 9.59 Å². The first-order chi connectivity index (χ1) is 9.90. The highest BCUT2D eigenvalue weighted by Gasteiger charge is 2.20. The second-order valence-electron chi connectivity index (χ2n) is 4.54. The summed E-state index contributed by atoms with van der Waals surface area (Å²) in [5.74, 6) is -0.351. The van der Waals surface area contributed by atoms with Crippen molar-refractivity contribution in [3.8, 4) is 0 Å². The van der Waals surface area contributed by atoms with Gasteiger partial charge in [-0.2, -0.15) is 0 Å². The van der Waals surface area contributed by atoms with Crippen LogP contribution in [0.15, 0.2) is 5.16 Å². The zero-order chi connectivity index (χ0) is 16.0. The summed E-state index contributed by atoms with van der Waals surface area (Å²) in [4.78, 5) is 27.5. The molecule has 0 bridgehead atoms. The molecule has 0 saturated heterocycles. The van der Waals surface area contributed by atoms with E-state index in [1.807, 2.05) is 18.4 Å². The van der Waals surface area contributed by atoms with Crippen LogP contribution in [-0.2, 0) is 16.1 Å². The molecule has 0 aromatic carbocycles. The maximum Gasteiger partial charge on any atom is 0.321 e. The number of amides is 3. The largest absolute Gasteiger partial charge is 0.383 e. The molecule has 3 amide bonds. The lowest BCUT2D eigenvalue weighted by molar-refractivity contribution is -0.119. The molecule has 0 saturated carbocycles. The summed E-state index contributed by atoms with van der Waals surface area (Å²) >= 11 is 1.32. The monoisotopic (exact) mass is 314 g/mol. The Labute approximate surface area is 128 Å². The van der Waals surface area contributed by atoms with Crippen LogP contribution >= 0.6 is 11.8 Å². The van der Waals surface area contributed by atoms with Crippen LogP contribution in [0.25, 0.3) is 0 Å². The Morgan fingerprint density at radius 2 is 2.10 bits per heavy atom. The second-order valence-corrected chi connectivity index (χ2v) is 5.85. The fraction of sp³-hybridized carbons (Fsp3) is 0.615. The van der Waals surface area contributed by atoms with Crippen molar-refractivity contribution in [1.29, 1.82) is 0 Å². The molecule has 0 aliphatic rings. The molecule has 0 fully saturated rings. The zero-order valence-electron chi connectivity index (χ0n) is 13.0. The van der Waals surface area contributed by atoms with Gasteiger partial charge in [-0.15, -0.1) is 0 Å². The minimum Gasteiger partial charge on any atom is -0.383 e. The van der Waals surface area contributed by atoms with Gasteiger partial charge in [0.15, 0.2) is 5.16 Å². The van der Waals surface area contributed by atoms with E-state index in [0.717, 1.165) is 16.5 Å². The average Bonchev–Trinajstić information content (AvgIpc) is 2.71. The Bertz CT molecular complexity index is 516. The van der Waals surface area contributed by atoms with Gasteiger partial charge in [-0.05, 0) is 20.8 Å². The van der Waals surface area contributed by atoms with E-state index < -0.39 is 11.3 Å². The topological polar surface area (TPSA) is 85.3 Å². The fourth-order valence-electron chi connectivity index (χ4n) is 1.65. The van der Waals surface area contributed by atoms with Gasteiger partial charge in [0, 0.05) is 26.4 Å². The molecular weight excluding hydrogens is 292 g/mol. The van der Waals surface area contributed by atoms with Crippen LogP contribution in [0.4, 0.5) is 4.79 Å². The van der Waals surface area contributed by atoms with Crippen molar-refractivity contribution in [1.82, 2.24) is 20.2 Å². The van der Waals surface area contributed by atoms with Gasteiger partial charge in [0.2, 0.25) is 5.91 Å². The number of hydrogen-bond donors (Lipinski definition) is 2. The summed E-state index contributed by atoms with van der Waals surface area (Å²) < 4.78 is 7.12. The van der Waals surface area contributed by atoms with Gasteiger partial charge >= 0.3 is 6.03 Å². The van der Waals surface area contributed by atoms with E-state index in [4.69, 9.17) is 4.74 Å². The van der Waals surface area contributed by atoms with Gasteiger partial charge in [0.1, 0.15) is 0 Å². The molecule has 0 radical (unpaired) electrons. The van der Waals surface area contributed by atoms with Crippen LogP contribution in [0.1, 0.15) is 18.3 Å². The van der Waals surface area contributed by atoms with E-state index in [0.29, 0.717) is 13.2 Å². The summed E-state index contributed by atoms with van der Waals surface area (Å²) in [5.41, 5.74) is 1.97. The minimum atomic E-state index is -0.512. The zero-order valence-corrected chi connectivity index (χ0v) is 13.8. The standard InChI is InChI=1S/C13H22N4O3S/c1-8-9(2)17(6-7-20-5)13(15-8)21-10(3)11(18)16-12(19)14-4/h10H,6-7H2,1-5H3,(H2,14,16,18,19)/t10-/m0/s1. The van der Waals surface area contributed by atoms with Crippen LogP contribution in [0, 0.1) is 13.8 Å². The lowest BCUT2D eigenvalue weighted by Crippen LogP contribution is -2.41. The minimum absolute atomic E-state index is 0.351. The normalized spacial score (nSPS) is 12.0. The number of aromatic nitrogens is 2. The molecule has 0 spiro atoms. The predicted octanol–water partition coefficient (Wildman–Crippen LogP) is 1.08. The maximum atomic E-state index is 11.9. The number of nitrogens with zero attached hydrogens (tertiary/aromatic N) is 2. The summed E-state index contributed by atoms with van der Waals surface area (Å²) in [5, 5.41) is 4.94. The molecule has 0 aliphatic carbocycles. The molecule has 2 N–H and O–H groups in total. The SMILES string of the molecule is CNC(=O)NC(=O)[C@H](C)Sc1nc(C)c(C)n1CCOC. The average molecular weight is 314 g/mol. The Morgan fingerprint density at radius 3 is 2.67 bits per heavy atom. The highest BCUT2D eigenvalue weighted by atomic mass is 32.2. The predicted molar refractivity (Wildman–Crippen MR) is 81.5 cm³/mol. The third-order valence-corrected chi connectivity index (χ3v) is 4.15. The van der Waals surface area contributed by atoms with Gasteiger partial charge in [0.05, 0.1) is 17.6 Å². The quantitative estimate of drug-likeness (QED) is 0.768. The number of carbonyl (C=O) groups is 2. The van der Waals surface area contributed by atoms with Crippen molar-refractivity contribution < 1.29 is 14.3 Å². The summed E-state index contributed by atoms with van der Waals surface area (Å²) in [6.07, 6.45) is 0. The third-order valence-electron chi connectivity index (χ3n) is 3.06. The van der Waals surface area contributed by atoms with E-state index >= 15 is 0 Å². The summed E-state index contributed by atoms with van der Waals surface area (Å²) in [6, 6.07) is -0.512. The number of urea groups is 1. The van der Waals surface area contributed by atoms with Crippen molar-refractivity contribution in [3.63, 3.8) is 0 Å². The molecule has 1 heterocycles. The highest BCUT2D eigenvalue weighted by molar-refractivity contribution is 8.00. The molecular formula is C13H22N4O3S. The van der Waals surface area contributed by atoms with Crippen LogP contribution in [0.3, 0.4) is 0 Å². The summed E-state index contributed by atoms with van der Waals surface area (Å²) in [6.45, 7) is 6.90. The van der Waals surface area contributed by atoms with Crippen molar-refractivity contribution in [3.05, 3.63) is 11.4 Å². The fourth-order valence-corrected chi connectivity index (χ4v) is 2.67. The first-order valence-electron chi connectivity index (χ1n) is 6.62. The van der Waals surface area contributed by atoms with Gasteiger partial charge < -0.3 is 14.6 Å². The van der Waals surface area contributed by atoms with Crippen LogP contribution in [-0.4, -0.2) is 47.5 Å². The van der Waals surface area contributed by atoms with E-state index in [1.54, 1.807) is 14.0 Å². The molecule has 1 aromatic rings. The number of methoxy groups -OCH3 is 1. The molecule has 21 heavy (non-hydrogen) atoms. The van der Waals surface area contributed by atoms with Crippen molar-refractivity contribution in [2.45, 2.75) is 37.7 Å². The molecule has 0 unspecified atom stereocenters. The molecule has 0 aliphatic heterocycles. The maximum absolute atomic E-state index is 11.9. The van der Waals surface area contributed by atoms with Crippen molar-refractivity contribution in [2.24, 2.45) is 0 Å². The van der Waals surface area contributed by atoms with Crippen LogP contribution in [0.5, 0.6) is 0 Å². The Balaban J connectivity index is 2.79. The number of imide groups is 1. The number of hydrogen-bond acceptors (Lipinski definition) is 5. The number of thioether (sulfide) groups is 1. The molecule has 118 valence electrons. The highest BCUT2D eigenvalue weighted by Crippen LogP contribution is 2.25. The molecule has 8 heteroatoms. The number of nitrogens with one attached hydrogen (secondary N) is 2. The molecule has 1 aromatic heterocycles. The Morgan fingerprint density at radius 1 is 1.43 bits per heavy atom. The molecule has 1 rings (SSSR count). The summed E-state index contributed by atoms with van der Waals surface area (Å²) in [7, 11) is 3.11. The first-order valence-corrected chi connectivity index (χ1v) is 7.50. The lowest BCUT2D eigenvalue weighted by Gasteiger charge is -2.13. The number of ether oxygens (including phenoxy) is 1. The number of rotatable bonds is 6. The first kappa shape index (κ1) is 17.5. The number of carbonyl (C=O) groups excluding carboxylic acids is 2. The lowest BCUT2D eigenvalue weighted by atomic mass is 10.4. The number of aryl methyl sites for hydroxylation is 1. The van der Waals surface area contributed by atoms with Gasteiger partial charge in [-0.25, -0.2) is 9.78 Å². The van der Waals surface area contributed by atoms with Gasteiger partial charge in [-0.3, -0.25) is 10.1 Å². The van der Waals surface area contributed by atoms with E-state index in [-0.39, 0.29) is 5.91 Å². The Hall–Kier alpha value is -1.54. The van der Waals surface area contributed by atoms with Crippen LogP contribution in [0.2, 0.25) is 0 Å². The number of imidazole rings is 1. The van der Waals surface area contributed by atoms with Crippen molar-refractivity contribution >= 4 is 23.7 Å². The second kappa shape index (κ2) is 8.04.